The van der Waals surface area contributed by atoms with Crippen molar-refractivity contribution in [3.05, 3.63) is 35.7 Å². The van der Waals surface area contributed by atoms with Crippen LogP contribution in [-0.2, 0) is 5.41 Å². The van der Waals surface area contributed by atoms with Crippen LogP contribution in [0.4, 0.5) is 35.1 Å². The van der Waals surface area contributed by atoms with E-state index >= 15 is 0 Å². The molecule has 0 unspecified atom stereocenters. The van der Waals surface area contributed by atoms with Crippen LogP contribution in [0.2, 0.25) is 0 Å². The van der Waals surface area contributed by atoms with E-state index in [0.717, 1.165) is 12.3 Å². The fraction of sp³-hybridized carbons (Fsp3) is 0.533. The number of allylic oxidation sites excluding steroid dienone is 2. The molecule has 9 heteroatoms. The van der Waals surface area contributed by atoms with Gasteiger partial charge in [-0.1, -0.05) is 20.8 Å². The Morgan fingerprint density at radius 3 is 1.92 bits per heavy atom. The molecule has 0 radical (unpaired) electrons. The summed E-state index contributed by atoms with van der Waals surface area (Å²) in [5.74, 6) is -23.5. The van der Waals surface area contributed by atoms with E-state index in [4.69, 9.17) is 0 Å². The second-order valence-corrected chi connectivity index (χ2v) is 6.58. The Balaban J connectivity index is 2.72. The van der Waals surface area contributed by atoms with Crippen LogP contribution in [0.1, 0.15) is 32.0 Å². The van der Waals surface area contributed by atoms with E-state index in [9.17, 15) is 35.1 Å². The lowest BCUT2D eigenvalue weighted by atomic mass is 9.82. The van der Waals surface area contributed by atoms with Gasteiger partial charge in [-0.2, -0.15) is 35.1 Å². The van der Waals surface area contributed by atoms with Crippen molar-refractivity contribution in [1.82, 2.24) is 4.98 Å². The third-order valence-electron chi connectivity index (χ3n) is 3.77. The molecule has 0 atom stereocenters. The van der Waals surface area contributed by atoms with E-state index in [0.29, 0.717) is 5.56 Å². The summed E-state index contributed by atoms with van der Waals surface area (Å²) in [6.45, 7) is 4.99. The Bertz CT molecular complexity index is 685. The predicted molar refractivity (Wildman–Crippen MR) is 70.7 cm³/mol. The molecule has 1 aliphatic rings. The molecule has 1 aliphatic carbocycles. The van der Waals surface area contributed by atoms with Gasteiger partial charge in [-0.3, -0.25) is 4.98 Å². The molecular weight excluding hydrogens is 346 g/mol. The lowest BCUT2D eigenvalue weighted by Crippen LogP contribution is -2.65. The minimum atomic E-state index is -6.27. The van der Waals surface area contributed by atoms with Gasteiger partial charge >= 0.3 is 23.7 Å². The summed E-state index contributed by atoms with van der Waals surface area (Å²) in [6, 6.07) is 2.30. The molecule has 1 nitrogen and oxygen atoms in total. The van der Waals surface area contributed by atoms with E-state index in [1.165, 1.54) is 6.07 Å². The van der Waals surface area contributed by atoms with Gasteiger partial charge in [-0.25, -0.2) is 0 Å². The lowest BCUT2D eigenvalue weighted by molar-refractivity contribution is -0.348. The molecule has 134 valence electrons. The van der Waals surface area contributed by atoms with Crippen LogP contribution in [0.5, 0.6) is 0 Å². The maximum atomic E-state index is 13.9. The normalized spacial score (nSPS) is 24.4. The summed E-state index contributed by atoms with van der Waals surface area (Å²) in [5, 5.41) is 0. The molecule has 1 aromatic heterocycles. The highest BCUT2D eigenvalue weighted by molar-refractivity contribution is 5.73. The topological polar surface area (TPSA) is 12.9 Å². The molecular formula is C15H13F8N. The SMILES string of the molecule is CC(C)(C)c1ccnc(C2=CC(F)(F)C(F)(F)C(F)(F)C2(F)F)c1. The molecule has 0 aliphatic heterocycles. The van der Waals surface area contributed by atoms with Crippen LogP contribution in [0.15, 0.2) is 24.4 Å². The van der Waals surface area contributed by atoms with Crippen LogP contribution in [-0.4, -0.2) is 28.7 Å². The van der Waals surface area contributed by atoms with Crippen molar-refractivity contribution in [2.75, 3.05) is 0 Å². The van der Waals surface area contributed by atoms with Crippen molar-refractivity contribution in [3.8, 4) is 0 Å². The highest BCUT2D eigenvalue weighted by Gasteiger charge is 2.83. The second-order valence-electron chi connectivity index (χ2n) is 6.58. The Hall–Kier alpha value is -1.67. The van der Waals surface area contributed by atoms with Crippen LogP contribution in [0, 0.1) is 0 Å². The zero-order valence-corrected chi connectivity index (χ0v) is 12.8. The van der Waals surface area contributed by atoms with Gasteiger partial charge in [-0.15, -0.1) is 0 Å². The van der Waals surface area contributed by atoms with Crippen molar-refractivity contribution < 1.29 is 35.1 Å². The number of hydrogen-bond donors (Lipinski definition) is 0. The highest BCUT2D eigenvalue weighted by atomic mass is 19.4. The predicted octanol–water partition coefficient (Wildman–Crippen LogP) is 5.32. The third kappa shape index (κ3) is 2.39. The smallest absolute Gasteiger partial charge is 0.256 e. The molecule has 1 heterocycles. The monoisotopic (exact) mass is 359 g/mol. The fourth-order valence-corrected chi connectivity index (χ4v) is 2.22. The zero-order valence-electron chi connectivity index (χ0n) is 12.8. The third-order valence-corrected chi connectivity index (χ3v) is 3.77. The summed E-state index contributed by atoms with van der Waals surface area (Å²) in [4.78, 5) is 3.39. The molecule has 24 heavy (non-hydrogen) atoms. The first-order chi connectivity index (χ1) is 10.6. The maximum absolute atomic E-state index is 13.9. The molecule has 0 saturated heterocycles. The largest absolute Gasteiger partial charge is 0.382 e. The minimum Gasteiger partial charge on any atom is -0.256 e. The van der Waals surface area contributed by atoms with Crippen molar-refractivity contribution in [1.29, 1.82) is 0 Å². The first-order valence-corrected chi connectivity index (χ1v) is 6.77. The van der Waals surface area contributed by atoms with Gasteiger partial charge in [0.25, 0.3) is 0 Å². The van der Waals surface area contributed by atoms with Gasteiger partial charge in [0.15, 0.2) is 0 Å². The van der Waals surface area contributed by atoms with Crippen molar-refractivity contribution >= 4 is 5.57 Å². The molecule has 0 bridgehead atoms. The summed E-state index contributed by atoms with van der Waals surface area (Å²) in [5.41, 5.74) is -3.11. The van der Waals surface area contributed by atoms with Gasteiger partial charge in [0.1, 0.15) is 0 Å². The summed E-state index contributed by atoms with van der Waals surface area (Å²) < 4.78 is 108. The number of hydrogen-bond acceptors (Lipinski definition) is 1. The second kappa shape index (κ2) is 4.92. The Morgan fingerprint density at radius 2 is 1.42 bits per heavy atom. The van der Waals surface area contributed by atoms with Crippen molar-refractivity contribution in [3.63, 3.8) is 0 Å². The van der Waals surface area contributed by atoms with E-state index < -0.39 is 46.4 Å². The van der Waals surface area contributed by atoms with Crippen LogP contribution in [0.3, 0.4) is 0 Å². The van der Waals surface area contributed by atoms with Crippen LogP contribution in [0.25, 0.3) is 5.57 Å². The fourth-order valence-electron chi connectivity index (χ4n) is 2.22. The first-order valence-electron chi connectivity index (χ1n) is 6.77. The maximum Gasteiger partial charge on any atom is 0.382 e. The molecule has 0 spiro atoms. The van der Waals surface area contributed by atoms with Crippen molar-refractivity contribution in [2.24, 2.45) is 0 Å². The number of nitrogens with zero attached hydrogens (tertiary/aromatic N) is 1. The summed E-state index contributed by atoms with van der Waals surface area (Å²) in [6.07, 6.45) is 0.148. The van der Waals surface area contributed by atoms with Crippen LogP contribution < -0.4 is 0 Å². The molecule has 0 amide bonds. The Morgan fingerprint density at radius 1 is 0.875 bits per heavy atom. The average Bonchev–Trinajstić information content (AvgIpc) is 2.42. The molecule has 0 N–H and O–H groups in total. The molecule has 2 rings (SSSR count). The Kier molecular flexibility index (Phi) is 3.83. The van der Waals surface area contributed by atoms with Crippen molar-refractivity contribution in [2.45, 2.75) is 49.9 Å². The van der Waals surface area contributed by atoms with Gasteiger partial charge in [0, 0.05) is 12.3 Å². The first kappa shape index (κ1) is 18.7. The van der Waals surface area contributed by atoms with Gasteiger partial charge in [0.05, 0.1) is 11.3 Å². The highest BCUT2D eigenvalue weighted by Crippen LogP contribution is 2.60. The summed E-state index contributed by atoms with van der Waals surface area (Å²) in [7, 11) is 0. The number of aromatic nitrogens is 1. The minimum absolute atomic E-state index is 0.341. The quantitative estimate of drug-likeness (QED) is 0.619. The molecule has 0 fully saturated rings. The zero-order chi connectivity index (χ0) is 18.8. The number of halogens is 8. The van der Waals surface area contributed by atoms with Gasteiger partial charge < -0.3 is 0 Å². The van der Waals surface area contributed by atoms with Gasteiger partial charge in [-0.05, 0) is 23.1 Å². The van der Waals surface area contributed by atoms with E-state index in [2.05, 4.69) is 4.98 Å². The average molecular weight is 359 g/mol. The number of rotatable bonds is 1. The molecule has 0 saturated carbocycles. The van der Waals surface area contributed by atoms with Gasteiger partial charge in [0.2, 0.25) is 0 Å². The standard InChI is InChI=1S/C15H13F8N/c1-11(2,3)8-4-5-24-10(6-8)9-7-12(16,17)14(20,21)15(22,23)13(9,18)19/h4-7H,1-3H3. The van der Waals surface area contributed by atoms with E-state index in [-0.39, 0.29) is 0 Å². The molecule has 1 aromatic rings. The Labute approximate surface area is 132 Å². The van der Waals surface area contributed by atoms with E-state index in [1.54, 1.807) is 20.8 Å². The van der Waals surface area contributed by atoms with Crippen LogP contribution >= 0.6 is 0 Å². The summed E-state index contributed by atoms with van der Waals surface area (Å²) >= 11 is 0. The molecule has 0 aromatic carbocycles. The number of alkyl halides is 8. The van der Waals surface area contributed by atoms with E-state index in [1.807, 2.05) is 0 Å². The number of pyridine rings is 1. The lowest BCUT2D eigenvalue weighted by Gasteiger charge is -2.40.